The van der Waals surface area contributed by atoms with Crippen molar-refractivity contribution in [3.63, 3.8) is 0 Å². The second-order valence-corrected chi connectivity index (χ2v) is 10.7. The number of nitrogens with one attached hydrogen (secondary N) is 2. The summed E-state index contributed by atoms with van der Waals surface area (Å²) in [5.74, 6) is -1.97. The van der Waals surface area contributed by atoms with E-state index in [1.165, 1.54) is 44.4 Å². The van der Waals surface area contributed by atoms with E-state index >= 15 is 0 Å². The first kappa shape index (κ1) is 26.8. The molecule has 206 valence electrons. The maximum absolute atomic E-state index is 13.4. The van der Waals surface area contributed by atoms with Crippen LogP contribution in [-0.2, 0) is 9.53 Å². The van der Waals surface area contributed by atoms with Crippen molar-refractivity contribution in [3.8, 4) is 0 Å². The molecule has 0 saturated heterocycles. The van der Waals surface area contributed by atoms with Gasteiger partial charge in [0.15, 0.2) is 11.6 Å². The predicted molar refractivity (Wildman–Crippen MR) is 141 cm³/mol. The van der Waals surface area contributed by atoms with Crippen LogP contribution in [0.15, 0.2) is 46.9 Å². The Morgan fingerprint density at radius 2 is 1.62 bits per heavy atom. The lowest BCUT2D eigenvalue weighted by Crippen LogP contribution is -2.32. The van der Waals surface area contributed by atoms with E-state index in [1.54, 1.807) is 0 Å². The first-order valence-corrected chi connectivity index (χ1v) is 13.4. The zero-order chi connectivity index (χ0) is 27.4. The summed E-state index contributed by atoms with van der Waals surface area (Å²) in [6, 6.07) is 11.0. The first-order chi connectivity index (χ1) is 18.8. The van der Waals surface area contributed by atoms with Gasteiger partial charge in [0.05, 0.1) is 7.11 Å². The van der Waals surface area contributed by atoms with Crippen LogP contribution in [0.1, 0.15) is 80.0 Å². The minimum absolute atomic E-state index is 0.0992. The van der Waals surface area contributed by atoms with Gasteiger partial charge in [-0.1, -0.05) is 17.2 Å². The average molecular weight is 539 g/mol. The molecule has 2 aromatic carbocycles. The third kappa shape index (κ3) is 6.43. The number of carbonyl (C=O) groups excluding carboxylic acids is 2. The Balaban J connectivity index is 1.11. The van der Waals surface area contributed by atoms with Gasteiger partial charge in [0.1, 0.15) is 0 Å². The van der Waals surface area contributed by atoms with Crippen LogP contribution in [0.5, 0.6) is 0 Å². The fourth-order valence-electron chi connectivity index (χ4n) is 5.96. The third-order valence-corrected chi connectivity index (χ3v) is 8.33. The maximum atomic E-state index is 13.4. The molecule has 2 aliphatic carbocycles. The summed E-state index contributed by atoms with van der Waals surface area (Å²) in [4.78, 5) is 24.2. The molecular weight excluding hydrogens is 506 g/mol. The number of halogens is 2. The Labute approximate surface area is 225 Å². The number of hydrogen-bond acceptors (Lipinski definition) is 7. The minimum atomic E-state index is -1.02. The van der Waals surface area contributed by atoms with Gasteiger partial charge < -0.3 is 19.8 Å². The van der Waals surface area contributed by atoms with Gasteiger partial charge in [-0.25, -0.2) is 8.78 Å². The van der Waals surface area contributed by atoms with E-state index in [9.17, 15) is 18.4 Å². The average Bonchev–Trinajstić information content (AvgIpc) is 3.42. The molecule has 3 aromatic rings. The number of esters is 1. The number of aromatic nitrogens is 2. The quantitative estimate of drug-likeness (QED) is 0.321. The number of anilines is 3. The molecule has 39 heavy (non-hydrogen) atoms. The van der Waals surface area contributed by atoms with Crippen molar-refractivity contribution in [1.29, 1.82) is 0 Å². The molecule has 2 N–H and O–H groups in total. The van der Waals surface area contributed by atoms with Crippen molar-refractivity contribution in [2.45, 2.75) is 63.7 Å². The summed E-state index contributed by atoms with van der Waals surface area (Å²) in [6.07, 6.45) is 9.84. The van der Waals surface area contributed by atoms with E-state index < -0.39 is 17.5 Å². The fraction of sp³-hybridized carbons (Fsp3) is 0.448. The van der Waals surface area contributed by atoms with Crippen molar-refractivity contribution in [2.24, 2.45) is 11.3 Å². The predicted octanol–water partition coefficient (Wildman–Crippen LogP) is 6.74. The van der Waals surface area contributed by atoms with E-state index in [0.29, 0.717) is 29.4 Å². The molecule has 2 saturated carbocycles. The van der Waals surface area contributed by atoms with Gasteiger partial charge >= 0.3 is 23.8 Å². The number of hydrogen-bond donors (Lipinski definition) is 2. The van der Waals surface area contributed by atoms with E-state index in [2.05, 4.69) is 33.0 Å². The van der Waals surface area contributed by atoms with Gasteiger partial charge in [-0.2, -0.15) is 0 Å². The normalized spacial score (nSPS) is 22.8. The van der Waals surface area contributed by atoms with Crippen molar-refractivity contribution in [3.05, 3.63) is 65.6 Å². The zero-order valence-electron chi connectivity index (χ0n) is 21.8. The van der Waals surface area contributed by atoms with Gasteiger partial charge in [0.25, 0.3) is 0 Å². The van der Waals surface area contributed by atoms with E-state index in [0.717, 1.165) is 37.8 Å². The lowest BCUT2D eigenvalue weighted by Gasteiger charge is -2.45. The lowest BCUT2D eigenvalue weighted by atomic mass is 9.60. The number of rotatable bonds is 7. The summed E-state index contributed by atoms with van der Waals surface area (Å²) in [6.45, 7) is 0. The molecule has 0 atom stereocenters. The second kappa shape index (κ2) is 11.5. The van der Waals surface area contributed by atoms with E-state index in [-0.39, 0.29) is 23.6 Å². The van der Waals surface area contributed by atoms with E-state index in [4.69, 9.17) is 9.15 Å². The van der Waals surface area contributed by atoms with Crippen LogP contribution in [-0.4, -0.2) is 29.2 Å². The van der Waals surface area contributed by atoms with Gasteiger partial charge in [-0.3, -0.25) is 9.59 Å². The Morgan fingerprint density at radius 3 is 2.28 bits per heavy atom. The van der Waals surface area contributed by atoms with Gasteiger partial charge in [0, 0.05) is 23.9 Å². The number of nitrogens with zero attached hydrogens (tertiary/aromatic N) is 2. The first-order valence-electron chi connectivity index (χ1n) is 13.4. The molecule has 0 unspecified atom stereocenters. The number of carbonyl (C=O) groups is 2. The van der Waals surface area contributed by atoms with Crippen molar-refractivity contribution in [1.82, 2.24) is 10.2 Å². The number of amides is 1. The topological polar surface area (TPSA) is 106 Å². The smallest absolute Gasteiger partial charge is 0.320 e. The highest BCUT2D eigenvalue weighted by molar-refractivity contribution is 6.00. The zero-order valence-corrected chi connectivity index (χ0v) is 21.8. The van der Waals surface area contributed by atoms with Crippen LogP contribution in [0.4, 0.5) is 26.2 Å². The molecule has 2 fully saturated rings. The van der Waals surface area contributed by atoms with Crippen LogP contribution >= 0.6 is 0 Å². The largest absolute Gasteiger partial charge is 0.469 e. The Kier molecular flexibility index (Phi) is 7.90. The molecular formula is C29H32F2N4O4. The standard InChI is InChI=1S/C29H32F2N4O4/c1-38-25(36)16-18-8-12-29(13-9-18)14-10-20(11-15-29)19-2-4-21(5-3-19)32-26(37)27-34-35-28(39-27)33-22-6-7-23(30)24(31)17-22/h2-7,17-18,20H,8-16H2,1H3,(H,32,37)(H,33,35). The SMILES string of the molecule is COC(=O)CC1CCC2(CC1)CCC(c1ccc(NC(=O)c3nnc(Nc4ccc(F)c(F)c4)o3)cc1)CC2. The number of methoxy groups -OCH3 is 1. The third-order valence-electron chi connectivity index (χ3n) is 8.33. The molecule has 1 amide bonds. The Hall–Kier alpha value is -3.82. The second-order valence-electron chi connectivity index (χ2n) is 10.7. The summed E-state index contributed by atoms with van der Waals surface area (Å²) >= 11 is 0. The molecule has 10 heteroatoms. The minimum Gasteiger partial charge on any atom is -0.469 e. The molecule has 0 aliphatic heterocycles. The van der Waals surface area contributed by atoms with Crippen LogP contribution in [0.3, 0.4) is 0 Å². The van der Waals surface area contributed by atoms with Crippen LogP contribution < -0.4 is 10.6 Å². The van der Waals surface area contributed by atoms with Crippen LogP contribution in [0.25, 0.3) is 0 Å². The van der Waals surface area contributed by atoms with Crippen LogP contribution in [0, 0.1) is 23.0 Å². The fourth-order valence-corrected chi connectivity index (χ4v) is 5.96. The molecule has 8 nitrogen and oxygen atoms in total. The summed E-state index contributed by atoms with van der Waals surface area (Å²) in [5.41, 5.74) is 2.49. The molecule has 0 radical (unpaired) electrons. The summed E-state index contributed by atoms with van der Waals surface area (Å²) in [7, 11) is 1.46. The molecule has 1 aromatic heterocycles. The molecule has 1 heterocycles. The van der Waals surface area contributed by atoms with Gasteiger partial charge in [-0.15, -0.1) is 5.10 Å². The lowest BCUT2D eigenvalue weighted by molar-refractivity contribution is -0.142. The Morgan fingerprint density at radius 1 is 0.949 bits per heavy atom. The Bertz CT molecular complexity index is 1310. The highest BCUT2D eigenvalue weighted by Crippen LogP contribution is 2.52. The molecule has 5 rings (SSSR count). The number of ether oxygens (including phenoxy) is 1. The van der Waals surface area contributed by atoms with Crippen molar-refractivity contribution in [2.75, 3.05) is 17.7 Å². The van der Waals surface area contributed by atoms with Gasteiger partial charge in [0.2, 0.25) is 0 Å². The molecule has 0 bridgehead atoms. The highest BCUT2D eigenvalue weighted by atomic mass is 19.2. The molecule has 1 spiro atoms. The van der Waals surface area contributed by atoms with E-state index in [1.807, 2.05) is 12.1 Å². The number of benzene rings is 2. The monoisotopic (exact) mass is 538 g/mol. The van der Waals surface area contributed by atoms with Gasteiger partial charge in [-0.05, 0) is 98.4 Å². The van der Waals surface area contributed by atoms with Crippen molar-refractivity contribution >= 4 is 29.3 Å². The summed E-state index contributed by atoms with van der Waals surface area (Å²) < 4.78 is 36.6. The summed E-state index contributed by atoms with van der Waals surface area (Å²) in [5, 5.41) is 12.8. The maximum Gasteiger partial charge on any atom is 0.320 e. The highest BCUT2D eigenvalue weighted by Gasteiger charge is 2.39. The molecule has 2 aliphatic rings. The van der Waals surface area contributed by atoms with Crippen LogP contribution in [0.2, 0.25) is 0 Å². The van der Waals surface area contributed by atoms with Crippen molar-refractivity contribution < 1.29 is 27.5 Å².